The molecule has 0 aliphatic carbocycles. The molecule has 1 N–H and O–H groups in total. The van der Waals surface area contributed by atoms with Crippen LogP contribution in [0.1, 0.15) is 38.8 Å². The predicted molar refractivity (Wildman–Crippen MR) is 125 cm³/mol. The lowest BCUT2D eigenvalue weighted by molar-refractivity contribution is -0.122. The first kappa shape index (κ1) is 20.1. The number of fused-ring (bicyclic) bond motifs is 2. The topological polar surface area (TPSA) is 54.3 Å². The number of para-hydroxylation sites is 1. The van der Waals surface area contributed by atoms with Crippen LogP contribution in [0.4, 0.5) is 0 Å². The third-order valence-electron chi connectivity index (χ3n) is 6.43. The molecule has 0 saturated heterocycles. The van der Waals surface area contributed by atoms with E-state index >= 15 is 0 Å². The Morgan fingerprint density at radius 2 is 1.62 bits per heavy atom. The van der Waals surface area contributed by atoms with Crippen molar-refractivity contribution in [2.75, 3.05) is 6.54 Å². The smallest absolute Gasteiger partial charge is 0.255 e. The molecule has 4 aromatic rings. The predicted octanol–water partition coefficient (Wildman–Crippen LogP) is 4.35. The summed E-state index contributed by atoms with van der Waals surface area (Å²) in [5.41, 5.74) is 5.94. The van der Waals surface area contributed by atoms with Crippen LogP contribution in [0.15, 0.2) is 78.9 Å². The lowest BCUT2D eigenvalue weighted by Gasteiger charge is -2.26. The summed E-state index contributed by atoms with van der Waals surface area (Å²) in [5, 5.41) is 4.07. The molecule has 5 nitrogen and oxygen atoms in total. The third-order valence-corrected chi connectivity index (χ3v) is 6.43. The van der Waals surface area contributed by atoms with Crippen molar-refractivity contribution in [2.24, 2.45) is 7.05 Å². The fourth-order valence-corrected chi connectivity index (χ4v) is 4.75. The molecule has 0 saturated carbocycles. The molecule has 3 aromatic carbocycles. The average Bonchev–Trinajstić information content (AvgIpc) is 3.24. The third kappa shape index (κ3) is 3.26. The van der Waals surface area contributed by atoms with Crippen molar-refractivity contribution in [3.63, 3.8) is 0 Å². The minimum absolute atomic E-state index is 0.00761. The van der Waals surface area contributed by atoms with Gasteiger partial charge in [-0.05, 0) is 30.2 Å². The summed E-state index contributed by atoms with van der Waals surface area (Å²) >= 11 is 0. The quantitative estimate of drug-likeness (QED) is 0.519. The number of rotatable bonds is 5. The molecular weight excluding hydrogens is 398 g/mol. The van der Waals surface area contributed by atoms with E-state index < -0.39 is 0 Å². The monoisotopic (exact) mass is 423 g/mol. The molecule has 5 rings (SSSR count). The van der Waals surface area contributed by atoms with Gasteiger partial charge in [0.1, 0.15) is 6.54 Å². The maximum absolute atomic E-state index is 13.4. The molecule has 0 unspecified atom stereocenters. The standard InChI is InChI=1S/C27H25N3O2/c1-18-25(22-14-8-9-15-23(22)29(18)2)26-20-12-6-7-13-21(20)27(32)30(26)17-24(31)28-16-19-10-4-3-5-11-19/h3-15,26H,16-17H2,1-2H3,(H,28,31)/t26-/m0/s1. The van der Waals surface area contributed by atoms with Gasteiger partial charge in [-0.1, -0.05) is 66.7 Å². The highest BCUT2D eigenvalue weighted by Gasteiger charge is 2.40. The van der Waals surface area contributed by atoms with Crippen LogP contribution in [0.2, 0.25) is 0 Å². The summed E-state index contributed by atoms with van der Waals surface area (Å²) in [4.78, 5) is 28.0. The van der Waals surface area contributed by atoms with Crippen molar-refractivity contribution in [2.45, 2.75) is 19.5 Å². The molecule has 5 heteroatoms. The van der Waals surface area contributed by atoms with E-state index in [9.17, 15) is 9.59 Å². The second kappa shape index (κ2) is 8.00. The highest BCUT2D eigenvalue weighted by Crippen LogP contribution is 2.43. The summed E-state index contributed by atoms with van der Waals surface area (Å²) in [5.74, 6) is -0.273. The molecule has 2 heterocycles. The first-order valence-electron chi connectivity index (χ1n) is 10.8. The van der Waals surface area contributed by atoms with Gasteiger partial charge in [0.05, 0.1) is 6.04 Å². The van der Waals surface area contributed by atoms with Crippen LogP contribution in [-0.2, 0) is 18.4 Å². The number of amides is 2. The van der Waals surface area contributed by atoms with Gasteiger partial charge in [-0.2, -0.15) is 0 Å². The fourth-order valence-electron chi connectivity index (χ4n) is 4.75. The van der Waals surface area contributed by atoms with Crippen molar-refractivity contribution in [3.8, 4) is 0 Å². The molecule has 2 amide bonds. The van der Waals surface area contributed by atoms with Crippen LogP contribution >= 0.6 is 0 Å². The van der Waals surface area contributed by atoms with E-state index in [1.165, 1.54) is 0 Å². The fraction of sp³-hybridized carbons (Fsp3) is 0.185. The zero-order valence-electron chi connectivity index (χ0n) is 18.2. The van der Waals surface area contributed by atoms with E-state index in [0.717, 1.165) is 33.3 Å². The zero-order valence-corrected chi connectivity index (χ0v) is 18.2. The van der Waals surface area contributed by atoms with Gasteiger partial charge in [0.15, 0.2) is 0 Å². The largest absolute Gasteiger partial charge is 0.350 e. The maximum Gasteiger partial charge on any atom is 0.255 e. The summed E-state index contributed by atoms with van der Waals surface area (Å²) in [7, 11) is 2.04. The van der Waals surface area contributed by atoms with E-state index in [-0.39, 0.29) is 24.4 Å². The van der Waals surface area contributed by atoms with Gasteiger partial charge in [0.2, 0.25) is 5.91 Å². The summed E-state index contributed by atoms with van der Waals surface area (Å²) in [6, 6.07) is 25.4. The van der Waals surface area contributed by atoms with Crippen LogP contribution < -0.4 is 5.32 Å². The van der Waals surface area contributed by atoms with Gasteiger partial charge >= 0.3 is 0 Å². The second-order valence-electron chi connectivity index (χ2n) is 8.26. The zero-order chi connectivity index (χ0) is 22.2. The van der Waals surface area contributed by atoms with Gasteiger partial charge in [-0.3, -0.25) is 9.59 Å². The van der Waals surface area contributed by atoms with Crippen LogP contribution in [-0.4, -0.2) is 27.8 Å². The van der Waals surface area contributed by atoms with E-state index in [1.54, 1.807) is 4.90 Å². The highest BCUT2D eigenvalue weighted by molar-refractivity contribution is 6.02. The Labute approximate surface area is 187 Å². The molecule has 0 fully saturated rings. The number of hydrogen-bond acceptors (Lipinski definition) is 2. The Hall–Kier alpha value is -3.86. The van der Waals surface area contributed by atoms with Crippen LogP contribution in [0.25, 0.3) is 10.9 Å². The molecular formula is C27H25N3O2. The lowest BCUT2D eigenvalue weighted by atomic mass is 9.95. The van der Waals surface area contributed by atoms with Crippen molar-refractivity contribution in [1.82, 2.24) is 14.8 Å². The van der Waals surface area contributed by atoms with Crippen LogP contribution in [0, 0.1) is 6.92 Å². The Morgan fingerprint density at radius 3 is 2.44 bits per heavy atom. The average molecular weight is 424 g/mol. The number of benzene rings is 3. The number of aryl methyl sites for hydroxylation is 1. The molecule has 1 aliphatic rings. The Kier molecular flexibility index (Phi) is 5.02. The lowest BCUT2D eigenvalue weighted by Crippen LogP contribution is -2.39. The number of aromatic nitrogens is 1. The highest BCUT2D eigenvalue weighted by atomic mass is 16.2. The summed E-state index contributed by atoms with van der Waals surface area (Å²) < 4.78 is 2.16. The minimum Gasteiger partial charge on any atom is -0.350 e. The Balaban J connectivity index is 1.52. The molecule has 32 heavy (non-hydrogen) atoms. The number of carbonyl (C=O) groups excluding carboxylic acids is 2. The number of nitrogens with one attached hydrogen (secondary N) is 1. The van der Waals surface area contributed by atoms with Gasteiger partial charge in [-0.25, -0.2) is 0 Å². The van der Waals surface area contributed by atoms with E-state index in [0.29, 0.717) is 12.1 Å². The van der Waals surface area contributed by atoms with E-state index in [1.807, 2.05) is 73.8 Å². The molecule has 0 bridgehead atoms. The van der Waals surface area contributed by atoms with Crippen LogP contribution in [0.5, 0.6) is 0 Å². The van der Waals surface area contributed by atoms with Crippen molar-refractivity contribution < 1.29 is 9.59 Å². The number of hydrogen-bond donors (Lipinski definition) is 1. The van der Waals surface area contributed by atoms with Gasteiger partial charge in [0, 0.05) is 41.3 Å². The summed E-state index contributed by atoms with van der Waals surface area (Å²) in [6.07, 6.45) is 0. The Bertz CT molecular complexity index is 1320. The van der Waals surface area contributed by atoms with Gasteiger partial charge in [0.25, 0.3) is 5.91 Å². The Morgan fingerprint density at radius 1 is 0.938 bits per heavy atom. The van der Waals surface area contributed by atoms with Crippen molar-refractivity contribution in [1.29, 1.82) is 0 Å². The first-order chi connectivity index (χ1) is 15.6. The van der Waals surface area contributed by atoms with Gasteiger partial charge < -0.3 is 14.8 Å². The summed E-state index contributed by atoms with van der Waals surface area (Å²) in [6.45, 7) is 2.52. The molecule has 1 aromatic heterocycles. The second-order valence-corrected chi connectivity index (χ2v) is 8.26. The van der Waals surface area contributed by atoms with Crippen LogP contribution in [0.3, 0.4) is 0 Å². The minimum atomic E-state index is -0.299. The number of nitrogens with zero attached hydrogens (tertiary/aromatic N) is 2. The molecule has 0 spiro atoms. The molecule has 1 atom stereocenters. The number of carbonyl (C=O) groups is 2. The molecule has 1 aliphatic heterocycles. The molecule has 0 radical (unpaired) electrons. The first-order valence-corrected chi connectivity index (χ1v) is 10.8. The van der Waals surface area contributed by atoms with E-state index in [4.69, 9.17) is 0 Å². The SMILES string of the molecule is Cc1c([C@@H]2c3ccccc3C(=O)N2CC(=O)NCc2ccccc2)c2ccccc2n1C. The van der Waals surface area contributed by atoms with Crippen molar-refractivity contribution >= 4 is 22.7 Å². The normalized spacial score (nSPS) is 15.2. The van der Waals surface area contributed by atoms with Gasteiger partial charge in [-0.15, -0.1) is 0 Å². The van der Waals surface area contributed by atoms with E-state index in [2.05, 4.69) is 28.9 Å². The maximum atomic E-state index is 13.4. The van der Waals surface area contributed by atoms with Crippen molar-refractivity contribution in [3.05, 3.63) is 107 Å². The molecule has 160 valence electrons.